The Morgan fingerprint density at radius 1 is 0.919 bits per heavy atom. The summed E-state index contributed by atoms with van der Waals surface area (Å²) in [5, 5.41) is 0.279. The fraction of sp³-hybridized carbons (Fsp3) is 0.0385. The summed E-state index contributed by atoms with van der Waals surface area (Å²) in [4.78, 5) is 21.8. The van der Waals surface area contributed by atoms with Gasteiger partial charge in [0.2, 0.25) is 5.95 Å². The van der Waals surface area contributed by atoms with Crippen LogP contribution in [0.4, 0.5) is 17.5 Å². The van der Waals surface area contributed by atoms with Crippen molar-refractivity contribution < 1.29 is 13.2 Å². The lowest BCUT2D eigenvalue weighted by Crippen LogP contribution is -2.23. The lowest BCUT2D eigenvalue weighted by molar-refractivity contribution is 0.412. The first-order chi connectivity index (χ1) is 17.8. The second-order valence-corrected chi connectivity index (χ2v) is 9.74. The first-order valence-electron chi connectivity index (χ1n) is 11.1. The number of para-hydroxylation sites is 3. The van der Waals surface area contributed by atoms with E-state index >= 15 is 0 Å². The van der Waals surface area contributed by atoms with Crippen molar-refractivity contribution in [3.63, 3.8) is 0 Å². The minimum Gasteiger partial charge on any atom is -0.495 e. The van der Waals surface area contributed by atoms with E-state index in [1.807, 2.05) is 0 Å². The van der Waals surface area contributed by atoms with Crippen LogP contribution in [0.3, 0.4) is 0 Å². The summed E-state index contributed by atoms with van der Waals surface area (Å²) < 4.78 is 35.3. The molecule has 0 unspecified atom stereocenters. The number of methoxy groups -OCH3 is 1. The van der Waals surface area contributed by atoms with Crippen LogP contribution in [-0.2, 0) is 10.0 Å². The van der Waals surface area contributed by atoms with Gasteiger partial charge in [-0.3, -0.25) is 9.52 Å². The van der Waals surface area contributed by atoms with Gasteiger partial charge < -0.3 is 16.2 Å². The molecule has 0 amide bonds. The minimum absolute atomic E-state index is 0.00395. The highest BCUT2D eigenvalue weighted by atomic mass is 32.2. The predicted molar refractivity (Wildman–Crippen MR) is 143 cm³/mol. The van der Waals surface area contributed by atoms with Crippen molar-refractivity contribution in [1.82, 2.24) is 14.5 Å². The second-order valence-electron chi connectivity index (χ2n) is 8.09. The van der Waals surface area contributed by atoms with Crippen LogP contribution in [0.15, 0.2) is 94.7 Å². The SMILES string of the molecule is COc1ccccc1-n1c(N)nc2ccc(-c3cnc(N)c(S(=O)(=O)Nc4ccccc4)c3)cc2c1=O. The number of nitrogens with zero attached hydrogens (tertiary/aromatic N) is 3. The van der Waals surface area contributed by atoms with E-state index in [1.54, 1.807) is 72.8 Å². The number of pyridine rings is 1. The summed E-state index contributed by atoms with van der Waals surface area (Å²) in [6.45, 7) is 0. The summed E-state index contributed by atoms with van der Waals surface area (Å²) in [6.07, 6.45) is 1.45. The Kier molecular flexibility index (Phi) is 5.98. The van der Waals surface area contributed by atoms with Crippen LogP contribution in [0, 0.1) is 0 Å². The van der Waals surface area contributed by atoms with Gasteiger partial charge in [-0.15, -0.1) is 0 Å². The Labute approximate surface area is 212 Å². The molecule has 186 valence electrons. The number of nitrogens with one attached hydrogen (secondary N) is 1. The number of fused-ring (bicyclic) bond motifs is 1. The number of sulfonamides is 1. The number of ether oxygens (including phenoxy) is 1. The monoisotopic (exact) mass is 514 g/mol. The smallest absolute Gasteiger partial charge is 0.267 e. The molecule has 11 heteroatoms. The van der Waals surface area contributed by atoms with Crippen LogP contribution in [0.5, 0.6) is 5.75 Å². The Morgan fingerprint density at radius 3 is 2.41 bits per heavy atom. The third-order valence-electron chi connectivity index (χ3n) is 5.75. The maximum Gasteiger partial charge on any atom is 0.267 e. The number of hydrogen-bond donors (Lipinski definition) is 3. The quantitative estimate of drug-likeness (QED) is 0.311. The van der Waals surface area contributed by atoms with Gasteiger partial charge in [0, 0.05) is 17.4 Å². The first-order valence-corrected chi connectivity index (χ1v) is 12.6. The van der Waals surface area contributed by atoms with E-state index < -0.39 is 15.6 Å². The molecule has 5 aromatic rings. The molecule has 0 aliphatic carbocycles. The summed E-state index contributed by atoms with van der Waals surface area (Å²) >= 11 is 0. The Hall–Kier alpha value is -4.90. The van der Waals surface area contributed by atoms with Crippen molar-refractivity contribution in [2.45, 2.75) is 4.90 Å². The molecule has 0 radical (unpaired) electrons. The van der Waals surface area contributed by atoms with Gasteiger partial charge in [-0.1, -0.05) is 36.4 Å². The topological polar surface area (TPSA) is 155 Å². The van der Waals surface area contributed by atoms with E-state index in [9.17, 15) is 13.2 Å². The molecule has 0 spiro atoms. The van der Waals surface area contributed by atoms with Gasteiger partial charge in [0.1, 0.15) is 16.5 Å². The summed E-state index contributed by atoms with van der Waals surface area (Å²) in [5.41, 5.74) is 13.9. The standard InChI is InChI=1S/C26H22N6O4S/c1-36-22-10-6-5-9-21(22)32-25(33)19-13-16(11-12-20(19)30-26(32)28)17-14-23(24(27)29-15-17)37(34,35)31-18-7-3-2-4-8-18/h2-15,31H,1H3,(H2,27,29)(H2,28,30). The second kappa shape index (κ2) is 9.28. The zero-order valence-corrected chi connectivity index (χ0v) is 20.4. The number of hydrogen-bond acceptors (Lipinski definition) is 8. The number of anilines is 3. The van der Waals surface area contributed by atoms with Crippen molar-refractivity contribution in [1.29, 1.82) is 0 Å². The zero-order valence-electron chi connectivity index (χ0n) is 19.6. The molecule has 0 saturated heterocycles. The van der Waals surface area contributed by atoms with Crippen molar-refractivity contribution >= 4 is 38.4 Å². The van der Waals surface area contributed by atoms with Gasteiger partial charge in [0.15, 0.2) is 0 Å². The van der Waals surface area contributed by atoms with Crippen molar-refractivity contribution in [2.24, 2.45) is 0 Å². The average molecular weight is 515 g/mol. The fourth-order valence-electron chi connectivity index (χ4n) is 3.97. The Balaban J connectivity index is 1.62. The molecule has 0 fully saturated rings. The molecule has 3 aromatic carbocycles. The lowest BCUT2D eigenvalue weighted by Gasteiger charge is -2.14. The molecule has 0 aliphatic rings. The van der Waals surface area contributed by atoms with E-state index in [-0.39, 0.29) is 22.0 Å². The van der Waals surface area contributed by atoms with E-state index in [0.29, 0.717) is 33.8 Å². The van der Waals surface area contributed by atoms with Crippen LogP contribution >= 0.6 is 0 Å². The highest BCUT2D eigenvalue weighted by Gasteiger charge is 2.21. The molecule has 5 N–H and O–H groups in total. The number of aromatic nitrogens is 3. The third-order valence-corrected chi connectivity index (χ3v) is 7.16. The Bertz CT molecular complexity index is 1800. The fourth-order valence-corrected chi connectivity index (χ4v) is 5.14. The first kappa shape index (κ1) is 23.8. The van der Waals surface area contributed by atoms with Gasteiger partial charge in [0.25, 0.3) is 15.6 Å². The maximum absolute atomic E-state index is 13.5. The number of benzene rings is 3. The highest BCUT2D eigenvalue weighted by molar-refractivity contribution is 7.92. The van der Waals surface area contributed by atoms with Crippen LogP contribution in [0.25, 0.3) is 27.7 Å². The molecule has 2 aromatic heterocycles. The van der Waals surface area contributed by atoms with E-state index in [1.165, 1.54) is 23.9 Å². The number of nitrogen functional groups attached to an aromatic ring is 2. The van der Waals surface area contributed by atoms with E-state index in [4.69, 9.17) is 16.2 Å². The molecule has 0 bridgehead atoms. The number of rotatable bonds is 6. The van der Waals surface area contributed by atoms with Crippen molar-refractivity contribution in [2.75, 3.05) is 23.3 Å². The number of nitrogens with two attached hydrogens (primary N) is 2. The normalized spacial score (nSPS) is 11.4. The van der Waals surface area contributed by atoms with Crippen LogP contribution < -0.4 is 26.5 Å². The van der Waals surface area contributed by atoms with Crippen molar-refractivity contribution in [3.8, 4) is 22.6 Å². The molecular formula is C26H22N6O4S. The summed E-state index contributed by atoms with van der Waals surface area (Å²) in [5.74, 6) is 0.308. The predicted octanol–water partition coefficient (Wildman–Crippen LogP) is 3.42. The largest absolute Gasteiger partial charge is 0.495 e. The van der Waals surface area contributed by atoms with Crippen molar-refractivity contribution in [3.05, 3.63) is 95.4 Å². The van der Waals surface area contributed by atoms with E-state index in [0.717, 1.165) is 0 Å². The van der Waals surface area contributed by atoms with Crippen LogP contribution in [0.2, 0.25) is 0 Å². The van der Waals surface area contributed by atoms with E-state index in [2.05, 4.69) is 14.7 Å². The minimum atomic E-state index is -4.03. The lowest BCUT2D eigenvalue weighted by atomic mass is 10.1. The van der Waals surface area contributed by atoms with Gasteiger partial charge >= 0.3 is 0 Å². The molecular weight excluding hydrogens is 492 g/mol. The van der Waals surface area contributed by atoms with Gasteiger partial charge in [-0.2, -0.15) is 0 Å². The third kappa shape index (κ3) is 4.43. The molecule has 2 heterocycles. The zero-order chi connectivity index (χ0) is 26.2. The maximum atomic E-state index is 13.5. The molecule has 0 aliphatic heterocycles. The Morgan fingerprint density at radius 2 is 1.65 bits per heavy atom. The van der Waals surface area contributed by atoms with Gasteiger partial charge in [-0.05, 0) is 48.0 Å². The molecule has 0 atom stereocenters. The van der Waals surface area contributed by atoms with Crippen LogP contribution in [-0.4, -0.2) is 30.1 Å². The molecule has 37 heavy (non-hydrogen) atoms. The van der Waals surface area contributed by atoms with Crippen LogP contribution in [0.1, 0.15) is 0 Å². The summed E-state index contributed by atoms with van der Waals surface area (Å²) in [6, 6.07) is 21.8. The summed E-state index contributed by atoms with van der Waals surface area (Å²) in [7, 11) is -2.53. The average Bonchev–Trinajstić information content (AvgIpc) is 2.89. The molecule has 0 saturated carbocycles. The molecule has 10 nitrogen and oxygen atoms in total. The highest BCUT2D eigenvalue weighted by Crippen LogP contribution is 2.29. The molecule has 5 rings (SSSR count). The van der Waals surface area contributed by atoms with Gasteiger partial charge in [-0.25, -0.2) is 23.0 Å². The van der Waals surface area contributed by atoms with Gasteiger partial charge in [0.05, 0.1) is 23.7 Å².